The van der Waals surface area contributed by atoms with Crippen molar-refractivity contribution in [3.8, 4) is 5.75 Å². The van der Waals surface area contributed by atoms with Gasteiger partial charge in [-0.3, -0.25) is 4.79 Å². The molecule has 0 fully saturated rings. The van der Waals surface area contributed by atoms with Crippen LogP contribution in [0.25, 0.3) is 0 Å². The molecule has 0 bridgehead atoms. The lowest BCUT2D eigenvalue weighted by atomic mass is 10.1. The highest BCUT2D eigenvalue weighted by Gasteiger charge is 2.25. The number of halogens is 1. The summed E-state index contributed by atoms with van der Waals surface area (Å²) < 4.78 is 49.6. The number of hydrogen-bond acceptors (Lipinski definition) is 8. The number of aromatic nitrogens is 2. The second-order valence-corrected chi connectivity index (χ2v) is 9.75. The molecule has 36 heavy (non-hydrogen) atoms. The van der Waals surface area contributed by atoms with E-state index in [9.17, 15) is 17.6 Å². The van der Waals surface area contributed by atoms with E-state index in [-0.39, 0.29) is 30.2 Å². The molecule has 2 aromatic carbocycles. The van der Waals surface area contributed by atoms with Gasteiger partial charge in [-0.05, 0) is 30.3 Å². The van der Waals surface area contributed by atoms with Crippen molar-refractivity contribution in [1.29, 1.82) is 0 Å². The quantitative estimate of drug-likeness (QED) is 0.335. The molecule has 0 atom stereocenters. The zero-order valence-electron chi connectivity index (χ0n) is 19.5. The number of para-hydroxylation sites is 2. The van der Waals surface area contributed by atoms with Gasteiger partial charge in [0.25, 0.3) is 5.91 Å². The summed E-state index contributed by atoms with van der Waals surface area (Å²) >= 11 is 0. The number of rotatable bonds is 9. The van der Waals surface area contributed by atoms with Crippen LogP contribution in [-0.2, 0) is 22.9 Å². The number of carbonyl (C=O) groups is 1. The van der Waals surface area contributed by atoms with Gasteiger partial charge in [0.1, 0.15) is 17.3 Å². The largest absolute Gasteiger partial charge is 0.496 e. The van der Waals surface area contributed by atoms with E-state index in [1.807, 2.05) is 18.2 Å². The van der Waals surface area contributed by atoms with Crippen molar-refractivity contribution >= 4 is 27.1 Å². The molecule has 0 aliphatic carbocycles. The minimum absolute atomic E-state index is 0.0738. The summed E-state index contributed by atoms with van der Waals surface area (Å²) in [5.74, 6) is -0.247. The van der Waals surface area contributed by atoms with Gasteiger partial charge in [-0.25, -0.2) is 22.8 Å². The molecule has 0 aliphatic heterocycles. The minimum atomic E-state index is -3.84. The Kier molecular flexibility index (Phi) is 7.30. The van der Waals surface area contributed by atoms with E-state index in [1.165, 1.54) is 30.7 Å². The van der Waals surface area contributed by atoms with E-state index in [0.29, 0.717) is 11.5 Å². The van der Waals surface area contributed by atoms with Crippen LogP contribution >= 0.6 is 0 Å². The summed E-state index contributed by atoms with van der Waals surface area (Å²) in [6.45, 7) is 0.443. The molecule has 1 amide bonds. The van der Waals surface area contributed by atoms with Crippen molar-refractivity contribution in [2.24, 2.45) is 0 Å². The second kappa shape index (κ2) is 10.6. The van der Waals surface area contributed by atoms with E-state index >= 15 is 0 Å². The lowest BCUT2D eigenvalue weighted by Gasteiger charge is -2.26. The lowest BCUT2D eigenvalue weighted by molar-refractivity contribution is 0.102. The first kappa shape index (κ1) is 24.9. The molecule has 0 spiro atoms. The maximum atomic E-state index is 14.2. The number of carbonyl (C=O) groups excluding carboxylic acids is 1. The van der Waals surface area contributed by atoms with Gasteiger partial charge in [0, 0.05) is 18.4 Å². The van der Waals surface area contributed by atoms with Gasteiger partial charge in [0.2, 0.25) is 15.0 Å². The Morgan fingerprint density at radius 3 is 2.53 bits per heavy atom. The molecule has 2 aromatic heterocycles. The molecule has 1 N–H and O–H groups in total. The average molecular weight is 511 g/mol. The van der Waals surface area contributed by atoms with Gasteiger partial charge in [-0.15, -0.1) is 0 Å². The third-order valence-electron chi connectivity index (χ3n) is 5.24. The van der Waals surface area contributed by atoms with Crippen LogP contribution in [0, 0.1) is 5.82 Å². The van der Waals surface area contributed by atoms with Crippen LogP contribution in [0.2, 0.25) is 0 Å². The van der Waals surface area contributed by atoms with Crippen LogP contribution < -0.4 is 15.0 Å². The zero-order chi connectivity index (χ0) is 25.7. The molecule has 0 radical (unpaired) electrons. The van der Waals surface area contributed by atoms with Crippen LogP contribution in [0.4, 0.5) is 15.8 Å². The third-order valence-corrected chi connectivity index (χ3v) is 6.10. The zero-order valence-corrected chi connectivity index (χ0v) is 20.3. The van der Waals surface area contributed by atoms with E-state index < -0.39 is 26.7 Å². The Morgan fingerprint density at radius 2 is 1.83 bits per heavy atom. The normalized spacial score (nSPS) is 11.2. The number of methoxy groups -OCH3 is 1. The van der Waals surface area contributed by atoms with Crippen molar-refractivity contribution in [2.75, 3.05) is 23.6 Å². The van der Waals surface area contributed by atoms with E-state index in [1.54, 1.807) is 36.3 Å². The van der Waals surface area contributed by atoms with Gasteiger partial charge in [0.15, 0.2) is 5.69 Å². The highest BCUT2D eigenvalue weighted by molar-refractivity contribution is 7.90. The molecule has 11 heteroatoms. The van der Waals surface area contributed by atoms with E-state index in [2.05, 4.69) is 15.3 Å². The van der Waals surface area contributed by atoms with Crippen molar-refractivity contribution in [3.05, 3.63) is 96.0 Å². The summed E-state index contributed by atoms with van der Waals surface area (Å²) in [6, 6.07) is 16.5. The summed E-state index contributed by atoms with van der Waals surface area (Å²) in [6.07, 6.45) is 3.72. The maximum Gasteiger partial charge on any atom is 0.276 e. The topological polar surface area (TPSA) is 115 Å². The molecular weight excluding hydrogens is 487 g/mol. The predicted molar refractivity (Wildman–Crippen MR) is 131 cm³/mol. The fourth-order valence-electron chi connectivity index (χ4n) is 3.54. The van der Waals surface area contributed by atoms with Crippen LogP contribution in [0.5, 0.6) is 5.75 Å². The Balaban J connectivity index is 1.81. The van der Waals surface area contributed by atoms with Gasteiger partial charge in [0.05, 0.1) is 37.5 Å². The first-order chi connectivity index (χ1) is 17.3. The highest BCUT2D eigenvalue weighted by Crippen LogP contribution is 2.28. The van der Waals surface area contributed by atoms with Crippen LogP contribution in [-0.4, -0.2) is 37.7 Å². The van der Waals surface area contributed by atoms with Crippen molar-refractivity contribution in [2.45, 2.75) is 18.2 Å². The van der Waals surface area contributed by atoms with Crippen molar-refractivity contribution < 1.29 is 26.8 Å². The number of hydrogen-bond donors (Lipinski definition) is 1. The first-order valence-corrected chi connectivity index (χ1v) is 12.7. The van der Waals surface area contributed by atoms with Crippen LogP contribution in [0.15, 0.2) is 82.7 Å². The number of nitrogens with zero attached hydrogens (tertiary/aromatic N) is 3. The summed E-state index contributed by atoms with van der Waals surface area (Å²) in [7, 11) is -2.29. The summed E-state index contributed by atoms with van der Waals surface area (Å²) in [5.41, 5.74) is 0.697. The van der Waals surface area contributed by atoms with Gasteiger partial charge >= 0.3 is 0 Å². The fraction of sp³-hybridized carbons (Fsp3) is 0.160. The first-order valence-electron chi connectivity index (χ1n) is 10.8. The fourth-order valence-corrected chi connectivity index (χ4v) is 4.04. The maximum absolute atomic E-state index is 14.2. The Hall–Kier alpha value is -4.25. The van der Waals surface area contributed by atoms with E-state index in [4.69, 9.17) is 9.15 Å². The number of amides is 1. The molecule has 186 valence electrons. The molecule has 0 saturated carbocycles. The Labute approximate surface area is 207 Å². The Bertz CT molecular complexity index is 1480. The SMILES string of the molecule is COc1ccccc1CN(Cc1ccco1)c1cnc(S(C)(=O)=O)nc1C(=O)Nc1ccccc1F. The average Bonchev–Trinajstić information content (AvgIpc) is 3.37. The van der Waals surface area contributed by atoms with Crippen molar-refractivity contribution in [1.82, 2.24) is 9.97 Å². The Morgan fingerprint density at radius 1 is 1.08 bits per heavy atom. The smallest absolute Gasteiger partial charge is 0.276 e. The van der Waals surface area contributed by atoms with Gasteiger partial charge < -0.3 is 19.4 Å². The molecule has 4 rings (SSSR count). The number of sulfone groups is 1. The van der Waals surface area contributed by atoms with Crippen LogP contribution in [0.1, 0.15) is 21.8 Å². The number of furan rings is 1. The highest BCUT2D eigenvalue weighted by atomic mass is 32.2. The van der Waals surface area contributed by atoms with Crippen LogP contribution in [0.3, 0.4) is 0 Å². The summed E-state index contributed by atoms with van der Waals surface area (Å²) in [4.78, 5) is 23.1. The molecule has 4 aromatic rings. The van der Waals surface area contributed by atoms with Crippen molar-refractivity contribution in [3.63, 3.8) is 0 Å². The molecule has 0 saturated heterocycles. The standard InChI is InChI=1S/C25H23FN4O5S/c1-34-22-12-6-3-8-17(22)15-30(16-18-9-7-13-35-18)21-14-27-25(36(2,32)33)29-23(21)24(31)28-20-11-5-4-10-19(20)26/h3-14H,15-16H2,1-2H3,(H,28,31). The number of nitrogens with one attached hydrogen (secondary N) is 1. The predicted octanol–water partition coefficient (Wildman–Crippen LogP) is 4.08. The summed E-state index contributed by atoms with van der Waals surface area (Å²) in [5, 5.41) is 1.94. The number of benzene rings is 2. The monoisotopic (exact) mass is 510 g/mol. The third kappa shape index (κ3) is 5.69. The lowest BCUT2D eigenvalue weighted by Crippen LogP contribution is -2.28. The molecular formula is C25H23FN4O5S. The minimum Gasteiger partial charge on any atom is -0.496 e. The van der Waals surface area contributed by atoms with E-state index in [0.717, 1.165) is 11.8 Å². The molecule has 2 heterocycles. The number of ether oxygens (including phenoxy) is 1. The molecule has 9 nitrogen and oxygen atoms in total. The van der Waals surface area contributed by atoms with Gasteiger partial charge in [-0.1, -0.05) is 30.3 Å². The molecule has 0 unspecified atom stereocenters. The molecule has 0 aliphatic rings. The second-order valence-electron chi connectivity index (χ2n) is 7.84. The van der Waals surface area contributed by atoms with Gasteiger partial charge in [-0.2, -0.15) is 0 Å². The number of anilines is 2.